The van der Waals surface area contributed by atoms with E-state index in [1.54, 1.807) is 42.8 Å². The van der Waals surface area contributed by atoms with Crippen molar-refractivity contribution in [3.05, 3.63) is 66.4 Å². The molecule has 5 heterocycles. The fourth-order valence-corrected chi connectivity index (χ4v) is 14.1. The summed E-state index contributed by atoms with van der Waals surface area (Å²) in [6, 6.07) is 7.84. The van der Waals surface area contributed by atoms with Gasteiger partial charge in [-0.1, -0.05) is 39.2 Å². The minimum atomic E-state index is -0.881. The van der Waals surface area contributed by atoms with Crippen molar-refractivity contribution in [2.45, 2.75) is 134 Å². The predicted molar refractivity (Wildman–Crippen MR) is 296 cm³/mol. The molecule has 408 valence electrons. The number of aromatic nitrogens is 4. The minimum Gasteiger partial charge on any atom is -0.353 e. The van der Waals surface area contributed by atoms with E-state index >= 15 is 0 Å². The molecule has 6 saturated carbocycles. The number of carbonyl (C=O) groups excluding carboxylic acids is 4. The number of allylic oxidation sites excluding steroid dienone is 1. The van der Waals surface area contributed by atoms with Crippen LogP contribution >= 0.6 is 0 Å². The van der Waals surface area contributed by atoms with Crippen LogP contribution in [0.2, 0.25) is 0 Å². The molecular weight excluding hydrogens is 957 g/mol. The SMILES string of the molecule is C=NN(CC1CCC1C([C@H](NC(=O)c1ccnn1C)C(=O)Nc1ccc(N2CCN(C)C3(CC3)C2)nc1)C1(C)CC1)/C(=C\C)C(=O)N[C@H](C(=O)Nc1ccc(N2CCN(C)C3(CCC3)C2)nc1)C(C1CCC1)C1(C)CC1. The molecule has 18 nitrogen and oxygen atoms in total. The minimum absolute atomic E-state index is 0.0138. The maximum Gasteiger partial charge on any atom is 0.270 e. The van der Waals surface area contributed by atoms with E-state index in [2.05, 4.69) is 85.7 Å². The van der Waals surface area contributed by atoms with E-state index in [9.17, 15) is 19.2 Å². The van der Waals surface area contributed by atoms with E-state index < -0.39 is 12.1 Å². The molecule has 6 aliphatic carbocycles. The van der Waals surface area contributed by atoms with Crippen LogP contribution in [0.3, 0.4) is 0 Å². The van der Waals surface area contributed by atoms with Crippen molar-refractivity contribution >= 4 is 53.4 Å². The van der Waals surface area contributed by atoms with Crippen molar-refractivity contribution in [2.75, 3.05) is 80.3 Å². The lowest BCUT2D eigenvalue weighted by Crippen LogP contribution is -2.64. The molecule has 4 amide bonds. The van der Waals surface area contributed by atoms with Gasteiger partial charge in [0.15, 0.2) is 0 Å². The fraction of sp³-hybridized carbons (Fsp3) is 0.655. The topological polar surface area (TPSA) is 189 Å². The first-order valence-electron chi connectivity index (χ1n) is 28.5. The Morgan fingerprint density at radius 2 is 1.29 bits per heavy atom. The van der Waals surface area contributed by atoms with Gasteiger partial charge in [0.05, 0.1) is 23.8 Å². The highest BCUT2D eigenvalue weighted by Gasteiger charge is 2.58. The first kappa shape index (κ1) is 52.2. The van der Waals surface area contributed by atoms with Crippen LogP contribution in [0.25, 0.3) is 0 Å². The van der Waals surface area contributed by atoms with Crippen LogP contribution in [-0.4, -0.2) is 148 Å². The molecule has 8 aliphatic rings. The summed E-state index contributed by atoms with van der Waals surface area (Å²) in [5, 5.41) is 23.3. The van der Waals surface area contributed by atoms with Gasteiger partial charge in [-0.3, -0.25) is 38.7 Å². The van der Waals surface area contributed by atoms with Gasteiger partial charge in [0.1, 0.15) is 35.1 Å². The molecule has 2 spiro atoms. The normalized spacial score (nSPS) is 25.6. The number of nitrogens with one attached hydrogen (secondary N) is 4. The number of nitrogens with zero attached hydrogens (tertiary/aromatic N) is 10. The second kappa shape index (κ2) is 20.5. The van der Waals surface area contributed by atoms with Gasteiger partial charge in [-0.15, -0.1) is 0 Å². The molecule has 0 radical (unpaired) electrons. The highest BCUT2D eigenvalue weighted by atomic mass is 16.2. The van der Waals surface area contributed by atoms with E-state index in [1.165, 1.54) is 36.8 Å². The average molecular weight is 1040 g/mol. The van der Waals surface area contributed by atoms with Crippen molar-refractivity contribution in [1.29, 1.82) is 0 Å². The number of hydrogen-bond donors (Lipinski definition) is 4. The second-order valence-electron chi connectivity index (χ2n) is 25.0. The lowest BCUT2D eigenvalue weighted by molar-refractivity contribution is -0.128. The molecule has 76 heavy (non-hydrogen) atoms. The molecular formula is C58H82N14O4. The molecule has 18 heteroatoms. The average Bonchev–Trinajstić information content (AvgIpc) is 4.36. The third-order valence-electron chi connectivity index (χ3n) is 20.3. The fourth-order valence-electron chi connectivity index (χ4n) is 14.1. The first-order valence-corrected chi connectivity index (χ1v) is 28.5. The highest BCUT2D eigenvalue weighted by Crippen LogP contribution is 2.61. The van der Waals surface area contributed by atoms with Crippen LogP contribution < -0.4 is 31.1 Å². The van der Waals surface area contributed by atoms with Crippen LogP contribution in [0.15, 0.2) is 65.8 Å². The summed E-state index contributed by atoms with van der Waals surface area (Å²) >= 11 is 0. The smallest absolute Gasteiger partial charge is 0.270 e. The summed E-state index contributed by atoms with van der Waals surface area (Å²) in [7, 11) is 6.17. The Balaban J connectivity index is 0.796. The number of rotatable bonds is 20. The Morgan fingerprint density at radius 1 is 0.724 bits per heavy atom. The molecule has 3 aromatic heterocycles. The maximum absolute atomic E-state index is 14.9. The Morgan fingerprint density at radius 3 is 1.71 bits per heavy atom. The van der Waals surface area contributed by atoms with Crippen molar-refractivity contribution in [1.82, 2.24) is 45.2 Å². The zero-order valence-corrected chi connectivity index (χ0v) is 45.9. The van der Waals surface area contributed by atoms with Gasteiger partial charge < -0.3 is 31.1 Å². The van der Waals surface area contributed by atoms with Gasteiger partial charge in [0, 0.05) is 76.9 Å². The lowest BCUT2D eigenvalue weighted by atomic mass is 9.60. The van der Waals surface area contributed by atoms with Crippen molar-refractivity contribution in [3.63, 3.8) is 0 Å². The molecule has 4 unspecified atom stereocenters. The molecule has 2 saturated heterocycles. The number of anilines is 4. The first-order chi connectivity index (χ1) is 36.5. The predicted octanol–water partition coefficient (Wildman–Crippen LogP) is 6.51. The molecule has 4 N–H and O–H groups in total. The van der Waals surface area contributed by atoms with Crippen LogP contribution in [0.5, 0.6) is 0 Å². The number of likely N-dealkylation sites (N-methyl/N-ethyl adjacent to an activating group) is 2. The molecule has 8 fully saturated rings. The number of pyridine rings is 2. The van der Waals surface area contributed by atoms with Gasteiger partial charge in [-0.2, -0.15) is 10.2 Å². The number of hydrogen-bond acceptors (Lipinski definition) is 13. The standard InChI is InChI=1S/C58H82N14O4/c1-8-43(51(73)65-49(47(38-11-9-12-38)55(2)22-23-55)53(75)63-40-14-17-45(60-33-40)70-31-29-67(5)57(36-70)20-10-21-57)72(59-4)35-39-13-16-42(39)48(56(3)24-25-56)50(66-52(74)44-19-28-62-69(44)7)54(76)64-41-15-18-46(61-34-41)71-32-30-68(6)58(37-71)26-27-58/h8,14-15,17-19,28,33-34,38-39,42,47-50H,4,9-13,16,20-27,29-32,35-37H2,1-3,5-7H3,(H,63,75)(H,64,76)(H,65,73)(H,66,74)/b43-8-/t39?,42?,47?,48?,49-,50-/m0/s1. The third kappa shape index (κ3) is 10.1. The maximum atomic E-state index is 14.9. The number of amides is 4. The van der Waals surface area contributed by atoms with Gasteiger partial charge in [0.25, 0.3) is 11.8 Å². The number of hydrazone groups is 1. The van der Waals surface area contributed by atoms with Crippen molar-refractivity contribution < 1.29 is 19.2 Å². The van der Waals surface area contributed by atoms with Crippen molar-refractivity contribution in [2.24, 2.45) is 52.6 Å². The van der Waals surface area contributed by atoms with Crippen LogP contribution in [0.4, 0.5) is 23.0 Å². The Hall–Kier alpha value is -5.88. The quantitative estimate of drug-likeness (QED) is 0.0547. The highest BCUT2D eigenvalue weighted by molar-refractivity contribution is 6.02. The second-order valence-corrected chi connectivity index (χ2v) is 25.0. The molecule has 0 aromatic carbocycles. The zero-order valence-electron chi connectivity index (χ0n) is 45.9. The zero-order chi connectivity index (χ0) is 53.1. The Bertz CT molecular complexity index is 2690. The molecule has 2 aliphatic heterocycles. The number of carbonyl (C=O) groups is 4. The summed E-state index contributed by atoms with van der Waals surface area (Å²) in [5.74, 6) is 0.626. The third-order valence-corrected chi connectivity index (χ3v) is 20.3. The summed E-state index contributed by atoms with van der Waals surface area (Å²) in [4.78, 5) is 78.0. The summed E-state index contributed by atoms with van der Waals surface area (Å²) < 4.78 is 1.52. The molecule has 6 atom stereocenters. The van der Waals surface area contributed by atoms with E-state index in [0.717, 1.165) is 109 Å². The van der Waals surface area contributed by atoms with E-state index in [-0.39, 0.29) is 69.2 Å². The van der Waals surface area contributed by atoms with E-state index in [0.29, 0.717) is 35.2 Å². The molecule has 3 aromatic rings. The Kier molecular flexibility index (Phi) is 14.1. The molecule has 0 bridgehead atoms. The van der Waals surface area contributed by atoms with Gasteiger partial charge >= 0.3 is 0 Å². The van der Waals surface area contributed by atoms with Crippen LogP contribution in [0, 0.1) is 40.4 Å². The summed E-state index contributed by atoms with van der Waals surface area (Å²) in [6.07, 6.45) is 21.6. The summed E-state index contributed by atoms with van der Waals surface area (Å²) in [5.41, 5.74) is 2.06. The largest absolute Gasteiger partial charge is 0.353 e. The molecule has 11 rings (SSSR count). The van der Waals surface area contributed by atoms with Crippen LogP contribution in [-0.2, 0) is 21.4 Å². The number of aryl methyl sites for hydroxylation is 1. The van der Waals surface area contributed by atoms with Crippen LogP contribution in [0.1, 0.15) is 121 Å². The van der Waals surface area contributed by atoms with Crippen molar-refractivity contribution in [3.8, 4) is 0 Å². The summed E-state index contributed by atoms with van der Waals surface area (Å²) in [6.45, 7) is 16.4. The van der Waals surface area contributed by atoms with Gasteiger partial charge in [-0.05, 0) is 162 Å². The van der Waals surface area contributed by atoms with Gasteiger partial charge in [0.2, 0.25) is 11.8 Å². The van der Waals surface area contributed by atoms with E-state index in [1.807, 2.05) is 31.2 Å². The Labute approximate surface area is 449 Å². The van der Waals surface area contributed by atoms with E-state index in [4.69, 9.17) is 9.97 Å². The monoisotopic (exact) mass is 1040 g/mol. The van der Waals surface area contributed by atoms with Gasteiger partial charge in [-0.25, -0.2) is 9.97 Å². The lowest BCUT2D eigenvalue weighted by Gasteiger charge is -2.55. The number of piperazine rings is 2.